The van der Waals surface area contributed by atoms with Crippen LogP contribution in [-0.2, 0) is 4.74 Å². The number of rotatable bonds is 3. The normalized spacial score (nSPS) is 28.2. The summed E-state index contributed by atoms with van der Waals surface area (Å²) >= 11 is 0. The summed E-state index contributed by atoms with van der Waals surface area (Å²) in [4.78, 5) is 13.0. The van der Waals surface area contributed by atoms with E-state index in [0.29, 0.717) is 6.10 Å². The maximum absolute atomic E-state index is 11.2. The van der Waals surface area contributed by atoms with E-state index in [1.54, 1.807) is 0 Å². The fourth-order valence-electron chi connectivity index (χ4n) is 1.90. The molecule has 13 heavy (non-hydrogen) atoms. The highest BCUT2D eigenvalue weighted by molar-refractivity contribution is 5.76. The maximum atomic E-state index is 11.2. The Morgan fingerprint density at radius 1 is 1.62 bits per heavy atom. The van der Waals surface area contributed by atoms with Gasteiger partial charge in [0, 0.05) is 26.2 Å². The van der Waals surface area contributed by atoms with Gasteiger partial charge < -0.3 is 15.0 Å². The third kappa shape index (κ3) is 2.12. The van der Waals surface area contributed by atoms with Crippen LogP contribution in [-0.4, -0.2) is 43.3 Å². The fraction of sp³-hybridized carbons (Fsp3) is 0.889. The largest absolute Gasteiger partial charge is 0.378 e. The molecule has 1 N–H and O–H groups in total. The van der Waals surface area contributed by atoms with Gasteiger partial charge in [0.15, 0.2) is 0 Å². The summed E-state index contributed by atoms with van der Waals surface area (Å²) in [5, 5.41) is 2.79. The fourth-order valence-corrected chi connectivity index (χ4v) is 1.90. The summed E-state index contributed by atoms with van der Waals surface area (Å²) in [6.45, 7) is 3.39. The second-order valence-electron chi connectivity index (χ2n) is 3.64. The highest BCUT2D eigenvalue weighted by Gasteiger charge is 2.22. The summed E-state index contributed by atoms with van der Waals surface area (Å²) in [6.07, 6.45) is 3.73. The number of amides is 2. The van der Waals surface area contributed by atoms with E-state index in [9.17, 15) is 4.79 Å². The molecule has 74 valence electrons. The molecule has 1 atom stereocenters. The van der Waals surface area contributed by atoms with Crippen molar-refractivity contribution in [3.8, 4) is 0 Å². The van der Waals surface area contributed by atoms with Crippen LogP contribution in [0.3, 0.4) is 0 Å². The smallest absolute Gasteiger partial charge is 0.317 e. The first kappa shape index (κ1) is 8.81. The molecule has 0 radical (unpaired) electrons. The molecule has 0 aromatic carbocycles. The van der Waals surface area contributed by atoms with E-state index < -0.39 is 0 Å². The number of urea groups is 1. The van der Waals surface area contributed by atoms with Crippen molar-refractivity contribution in [1.29, 1.82) is 0 Å². The van der Waals surface area contributed by atoms with Crippen molar-refractivity contribution in [2.75, 3.05) is 26.2 Å². The summed E-state index contributed by atoms with van der Waals surface area (Å²) in [6, 6.07) is 0.0815. The first-order valence-electron chi connectivity index (χ1n) is 5.00. The first-order valence-corrected chi connectivity index (χ1v) is 5.00. The molecule has 4 nitrogen and oxygen atoms in total. The molecular weight excluding hydrogens is 168 g/mol. The number of nitrogens with zero attached hydrogens (tertiary/aromatic N) is 1. The Hall–Kier alpha value is -0.770. The van der Waals surface area contributed by atoms with Gasteiger partial charge in [-0.15, -0.1) is 0 Å². The number of ether oxygens (including phenoxy) is 1. The summed E-state index contributed by atoms with van der Waals surface area (Å²) in [7, 11) is 0. The van der Waals surface area contributed by atoms with Crippen molar-refractivity contribution < 1.29 is 9.53 Å². The van der Waals surface area contributed by atoms with Crippen LogP contribution in [0.5, 0.6) is 0 Å². The molecule has 0 aliphatic carbocycles. The molecule has 4 heteroatoms. The van der Waals surface area contributed by atoms with Gasteiger partial charge in [-0.1, -0.05) is 0 Å². The van der Waals surface area contributed by atoms with Gasteiger partial charge in [0.05, 0.1) is 6.10 Å². The lowest BCUT2D eigenvalue weighted by molar-refractivity contribution is 0.0972. The lowest BCUT2D eigenvalue weighted by atomic mass is 10.2. The summed E-state index contributed by atoms with van der Waals surface area (Å²) < 4.78 is 5.49. The van der Waals surface area contributed by atoms with Crippen LogP contribution in [0.2, 0.25) is 0 Å². The average Bonchev–Trinajstić information content (AvgIpc) is 2.72. The number of hydrogen-bond donors (Lipinski definition) is 1. The van der Waals surface area contributed by atoms with E-state index in [1.807, 2.05) is 4.90 Å². The van der Waals surface area contributed by atoms with Crippen LogP contribution in [0.1, 0.15) is 19.3 Å². The van der Waals surface area contributed by atoms with Gasteiger partial charge in [0.1, 0.15) is 0 Å². The number of carbonyl (C=O) groups is 1. The minimum Gasteiger partial charge on any atom is -0.378 e. The van der Waals surface area contributed by atoms with E-state index in [1.165, 1.54) is 6.42 Å². The molecule has 0 aromatic heterocycles. The molecule has 0 spiro atoms. The topological polar surface area (TPSA) is 41.6 Å². The van der Waals surface area contributed by atoms with Crippen LogP contribution < -0.4 is 5.32 Å². The molecular formula is C9H16N2O2. The Labute approximate surface area is 78.2 Å². The van der Waals surface area contributed by atoms with Crippen molar-refractivity contribution in [1.82, 2.24) is 10.2 Å². The molecule has 2 fully saturated rings. The zero-order valence-corrected chi connectivity index (χ0v) is 7.79. The molecule has 2 heterocycles. The summed E-state index contributed by atoms with van der Waals surface area (Å²) in [5.41, 5.74) is 0. The SMILES string of the molecule is O=C1NCCN1CCC1CCCO1. The third-order valence-electron chi connectivity index (χ3n) is 2.69. The zero-order valence-electron chi connectivity index (χ0n) is 7.79. The van der Waals surface area contributed by atoms with Crippen molar-refractivity contribution in [3.05, 3.63) is 0 Å². The number of carbonyl (C=O) groups excluding carboxylic acids is 1. The predicted molar refractivity (Wildman–Crippen MR) is 48.6 cm³/mol. The van der Waals surface area contributed by atoms with Gasteiger partial charge in [0.25, 0.3) is 0 Å². The van der Waals surface area contributed by atoms with Gasteiger partial charge in [0.2, 0.25) is 0 Å². The monoisotopic (exact) mass is 184 g/mol. The van der Waals surface area contributed by atoms with Gasteiger partial charge in [-0.2, -0.15) is 0 Å². The molecule has 0 bridgehead atoms. The quantitative estimate of drug-likeness (QED) is 0.697. The zero-order chi connectivity index (χ0) is 9.10. The van der Waals surface area contributed by atoms with E-state index in [-0.39, 0.29) is 6.03 Å². The number of nitrogens with one attached hydrogen (secondary N) is 1. The Balaban J connectivity index is 1.69. The molecule has 2 amide bonds. The predicted octanol–water partition coefficient (Wildman–Crippen LogP) is 0.581. The van der Waals surface area contributed by atoms with Crippen molar-refractivity contribution >= 4 is 6.03 Å². The van der Waals surface area contributed by atoms with E-state index >= 15 is 0 Å². The lowest BCUT2D eigenvalue weighted by Gasteiger charge is -2.16. The van der Waals surface area contributed by atoms with E-state index in [2.05, 4.69) is 5.32 Å². The van der Waals surface area contributed by atoms with Crippen molar-refractivity contribution in [2.24, 2.45) is 0 Å². The van der Waals surface area contributed by atoms with E-state index in [0.717, 1.165) is 39.1 Å². The Morgan fingerprint density at radius 3 is 3.15 bits per heavy atom. The van der Waals surface area contributed by atoms with E-state index in [4.69, 9.17) is 4.74 Å². The van der Waals surface area contributed by atoms with Gasteiger partial charge in [-0.05, 0) is 19.3 Å². The Kier molecular flexibility index (Phi) is 2.68. The Bertz CT molecular complexity index is 190. The third-order valence-corrected chi connectivity index (χ3v) is 2.69. The molecule has 0 aromatic rings. The first-order chi connectivity index (χ1) is 6.36. The van der Waals surface area contributed by atoms with Crippen LogP contribution in [0.4, 0.5) is 4.79 Å². The van der Waals surface area contributed by atoms with Crippen LogP contribution in [0.15, 0.2) is 0 Å². The summed E-state index contributed by atoms with van der Waals surface area (Å²) in [5.74, 6) is 0. The molecule has 2 saturated heterocycles. The van der Waals surface area contributed by atoms with Crippen LogP contribution in [0, 0.1) is 0 Å². The van der Waals surface area contributed by atoms with Crippen LogP contribution >= 0.6 is 0 Å². The van der Waals surface area contributed by atoms with Crippen molar-refractivity contribution in [2.45, 2.75) is 25.4 Å². The highest BCUT2D eigenvalue weighted by atomic mass is 16.5. The Morgan fingerprint density at radius 2 is 2.54 bits per heavy atom. The molecule has 0 saturated carbocycles. The lowest BCUT2D eigenvalue weighted by Crippen LogP contribution is -2.30. The average molecular weight is 184 g/mol. The molecule has 2 rings (SSSR count). The van der Waals surface area contributed by atoms with Crippen molar-refractivity contribution in [3.63, 3.8) is 0 Å². The molecule has 1 unspecified atom stereocenters. The van der Waals surface area contributed by atoms with Gasteiger partial charge >= 0.3 is 6.03 Å². The standard InChI is InChI=1S/C9H16N2O2/c12-9-10-4-6-11(9)5-3-8-2-1-7-13-8/h8H,1-7H2,(H,10,12). The molecule has 2 aliphatic heterocycles. The van der Waals surface area contributed by atoms with Crippen LogP contribution in [0.25, 0.3) is 0 Å². The minimum atomic E-state index is 0.0815. The van der Waals surface area contributed by atoms with Gasteiger partial charge in [-0.25, -0.2) is 4.79 Å². The second-order valence-corrected chi connectivity index (χ2v) is 3.64. The van der Waals surface area contributed by atoms with Gasteiger partial charge in [-0.3, -0.25) is 0 Å². The maximum Gasteiger partial charge on any atom is 0.317 e. The second kappa shape index (κ2) is 3.96. The molecule has 2 aliphatic rings. The minimum absolute atomic E-state index is 0.0815. The number of hydrogen-bond acceptors (Lipinski definition) is 2. The highest BCUT2D eigenvalue weighted by Crippen LogP contribution is 2.15.